The Morgan fingerprint density at radius 2 is 0.532 bits per heavy atom. The first kappa shape index (κ1) is 98.9. The van der Waals surface area contributed by atoms with Crippen molar-refractivity contribution in [1.82, 2.24) is 0 Å². The van der Waals surface area contributed by atoms with E-state index < -0.39 is 8.24 Å². The number of nitrogens with zero attached hydrogens (tertiary/aromatic N) is 5. The lowest BCUT2D eigenvalue weighted by molar-refractivity contribution is -0.417. The SMILES string of the molecule is CC1=C(c2c(C)cc(C)cc2C)SC[N+](c2c(C)cccc2C)=C1C.CC1=[N+]([Si](c2ccccc2)(c2ccccc2)c2ccccc2)CSC(c2c(C)cc(C)cc2C)=C1.CC1=[N+](c2c(-c3ccccc3)cc(-c3ccccc3)cc2-c2ccccc2)CSC(c2c(-c3ccccc3)cc(-c3ccccc3)cc2-c2ccccc2)=C1.[C-]#[N+]C1=C(c2c(C)cc(C)cc2C)SC[N+](c2c(C)cccc2C)=C1C. The molecular weight excluding hydrogens is 1800 g/mol. The van der Waals surface area contributed by atoms with Gasteiger partial charge in [0.05, 0.1) is 17.7 Å². The van der Waals surface area contributed by atoms with Crippen LogP contribution in [0.5, 0.6) is 0 Å². The number of benzene rings is 16. The van der Waals surface area contributed by atoms with Crippen molar-refractivity contribution in [1.29, 1.82) is 0 Å². The topological polar surface area (TPSA) is 16.4 Å². The number of hydrogen-bond acceptors (Lipinski definition) is 4. The summed E-state index contributed by atoms with van der Waals surface area (Å²) in [5, 5.41) is 4.24. The van der Waals surface area contributed by atoms with Crippen LogP contribution >= 0.6 is 47.0 Å². The first-order valence-electron chi connectivity index (χ1n) is 48.8. The highest BCUT2D eigenvalue weighted by atomic mass is 32.2. The lowest BCUT2D eigenvalue weighted by Gasteiger charge is -2.32. The van der Waals surface area contributed by atoms with Crippen LogP contribution in [0.15, 0.2) is 393 Å². The number of allylic oxidation sites excluding steroid dienone is 4. The maximum atomic E-state index is 7.86. The van der Waals surface area contributed by atoms with Crippen LogP contribution in [0.1, 0.15) is 129 Å². The summed E-state index contributed by atoms with van der Waals surface area (Å²) in [4.78, 5) is 9.17. The molecule has 0 unspecified atom stereocenters. The first-order chi connectivity index (χ1) is 68.4. The minimum absolute atomic E-state index is 0.769. The van der Waals surface area contributed by atoms with Crippen LogP contribution in [0.3, 0.4) is 0 Å². The Hall–Kier alpha value is -13.7. The van der Waals surface area contributed by atoms with E-state index in [9.17, 15) is 0 Å². The predicted molar refractivity (Wildman–Crippen MR) is 618 cm³/mol. The maximum Gasteiger partial charge on any atom is 0.457 e. The lowest BCUT2D eigenvalue weighted by atomic mass is 9.87. The summed E-state index contributed by atoms with van der Waals surface area (Å²) >= 11 is 7.64. The zero-order valence-electron chi connectivity index (χ0n) is 84.6. The average Bonchev–Trinajstić information content (AvgIpc) is 0.733. The fourth-order valence-corrected chi connectivity index (χ4v) is 31.9. The van der Waals surface area contributed by atoms with E-state index in [0.717, 1.165) is 39.8 Å². The third-order valence-electron chi connectivity index (χ3n) is 27.7. The van der Waals surface area contributed by atoms with Gasteiger partial charge in [-0.1, -0.05) is 410 Å². The molecule has 4 aliphatic rings. The predicted octanol–water partition coefficient (Wildman–Crippen LogP) is 33.1. The fourth-order valence-electron chi connectivity index (χ4n) is 21.2. The lowest BCUT2D eigenvalue weighted by Crippen LogP contribution is -2.75. The van der Waals surface area contributed by atoms with Crippen molar-refractivity contribution in [2.75, 3.05) is 23.5 Å². The van der Waals surface area contributed by atoms with E-state index >= 15 is 0 Å². The summed E-state index contributed by atoms with van der Waals surface area (Å²) in [6, 6.07) is 135. The molecule has 20 rings (SSSR count). The van der Waals surface area contributed by atoms with E-state index in [1.54, 1.807) is 11.8 Å². The third-order valence-corrected chi connectivity index (χ3v) is 37.1. The normalized spacial score (nSPS) is 13.9. The quantitative estimate of drug-likeness (QED) is 0.0391. The molecular formula is C131H125N5S4Si+4. The van der Waals surface area contributed by atoms with Gasteiger partial charge < -0.3 is 0 Å². The van der Waals surface area contributed by atoms with E-state index in [2.05, 4.69) is 530 Å². The van der Waals surface area contributed by atoms with E-state index in [1.807, 2.05) is 35.3 Å². The smallest absolute Gasteiger partial charge is 0.287 e. The highest BCUT2D eigenvalue weighted by molar-refractivity contribution is 8.09. The highest BCUT2D eigenvalue weighted by Crippen LogP contribution is 2.51. The Bertz CT molecular complexity index is 7390. The zero-order valence-corrected chi connectivity index (χ0v) is 88.8. The van der Waals surface area contributed by atoms with Gasteiger partial charge in [-0.15, -0.1) is 0 Å². The van der Waals surface area contributed by atoms with Gasteiger partial charge in [0.2, 0.25) is 17.1 Å². The third kappa shape index (κ3) is 21.1. The Labute approximate surface area is 855 Å². The van der Waals surface area contributed by atoms with Gasteiger partial charge in [0.1, 0.15) is 0 Å². The van der Waals surface area contributed by atoms with E-state index in [4.69, 9.17) is 6.57 Å². The van der Waals surface area contributed by atoms with Crippen LogP contribution in [0.25, 0.3) is 91.2 Å². The van der Waals surface area contributed by atoms with Crippen LogP contribution < -0.4 is 15.6 Å². The van der Waals surface area contributed by atoms with Gasteiger partial charge in [-0.25, -0.2) is 4.85 Å². The molecule has 0 radical (unpaired) electrons. The number of aryl methyl sites for hydroxylation is 13. The van der Waals surface area contributed by atoms with Crippen molar-refractivity contribution < 1.29 is 18.0 Å². The number of thioether (sulfide) groups is 4. The largest absolute Gasteiger partial charge is 0.457 e. The summed E-state index contributed by atoms with van der Waals surface area (Å²) in [6.45, 7) is 47.5. The van der Waals surface area contributed by atoms with Crippen LogP contribution in [0, 0.1) is 96.6 Å². The molecule has 0 atom stereocenters. The van der Waals surface area contributed by atoms with E-state index in [0.29, 0.717) is 0 Å². The van der Waals surface area contributed by atoms with Crippen molar-refractivity contribution in [3.05, 3.63) is 499 Å². The second-order valence-corrected chi connectivity index (χ2v) is 45.3. The zero-order chi connectivity index (χ0) is 98.7. The molecule has 0 N–H and O–H groups in total. The molecule has 141 heavy (non-hydrogen) atoms. The van der Waals surface area contributed by atoms with Gasteiger partial charge in [0.25, 0.3) is 5.70 Å². The van der Waals surface area contributed by atoms with Gasteiger partial charge in [-0.2, -0.15) is 13.7 Å². The van der Waals surface area contributed by atoms with Gasteiger partial charge in [0, 0.05) is 108 Å². The van der Waals surface area contributed by atoms with Gasteiger partial charge in [-0.05, 0) is 227 Å². The van der Waals surface area contributed by atoms with E-state index in [1.165, 1.54) is 231 Å². The van der Waals surface area contributed by atoms with Crippen LogP contribution in [-0.4, -0.2) is 72.6 Å². The molecule has 0 aliphatic carbocycles. The molecule has 10 heteroatoms. The van der Waals surface area contributed by atoms with Gasteiger partial charge in [0.15, 0.2) is 46.4 Å². The Kier molecular flexibility index (Phi) is 31.1. The molecule has 0 bridgehead atoms. The molecule has 16 aromatic rings. The number of hydrogen-bond donors (Lipinski definition) is 0. The Morgan fingerprint density at radius 3 is 0.887 bits per heavy atom. The first-order valence-corrected chi connectivity index (χ1v) is 54.7. The van der Waals surface area contributed by atoms with Gasteiger partial charge >= 0.3 is 8.24 Å². The summed E-state index contributed by atoms with van der Waals surface area (Å²) < 4.78 is 10.0. The van der Waals surface area contributed by atoms with Crippen molar-refractivity contribution in [3.8, 4) is 66.8 Å². The molecule has 698 valence electrons. The Balaban J connectivity index is 0.000000138. The summed E-state index contributed by atoms with van der Waals surface area (Å²) in [5.41, 5.74) is 48.0. The number of rotatable bonds is 17. The molecule has 0 aromatic heterocycles. The van der Waals surface area contributed by atoms with Crippen molar-refractivity contribution in [2.45, 2.75) is 125 Å². The maximum absolute atomic E-state index is 7.86. The monoisotopic (exact) mass is 1920 g/mol. The summed E-state index contributed by atoms with van der Waals surface area (Å²) in [5.74, 6) is 3.50. The average molecular weight is 1930 g/mol. The molecule has 16 aromatic carbocycles. The van der Waals surface area contributed by atoms with E-state index in [-0.39, 0.29) is 0 Å². The van der Waals surface area contributed by atoms with Crippen molar-refractivity contribution in [2.24, 2.45) is 0 Å². The van der Waals surface area contributed by atoms with Crippen molar-refractivity contribution in [3.63, 3.8) is 0 Å². The molecule has 4 aliphatic heterocycles. The highest BCUT2D eigenvalue weighted by Gasteiger charge is 2.55. The van der Waals surface area contributed by atoms with Gasteiger partial charge in [-0.3, -0.25) is 4.24 Å². The van der Waals surface area contributed by atoms with Crippen LogP contribution in [-0.2, 0) is 0 Å². The second-order valence-electron chi connectivity index (χ2n) is 37.7. The van der Waals surface area contributed by atoms with Crippen LogP contribution in [0.4, 0.5) is 17.1 Å². The minimum Gasteiger partial charge on any atom is -0.287 e. The second kappa shape index (κ2) is 44.4. The molecule has 0 saturated carbocycles. The molecule has 0 saturated heterocycles. The number of para-hydroxylation sites is 2. The molecule has 4 heterocycles. The molecule has 5 nitrogen and oxygen atoms in total. The van der Waals surface area contributed by atoms with Crippen LogP contribution in [0.2, 0.25) is 0 Å². The molecule has 0 amide bonds. The minimum atomic E-state index is -2.52. The molecule has 0 spiro atoms. The summed E-state index contributed by atoms with van der Waals surface area (Å²) in [6.07, 6.45) is 4.84. The summed E-state index contributed by atoms with van der Waals surface area (Å²) in [7, 11) is -2.52. The van der Waals surface area contributed by atoms with Crippen molar-refractivity contribution >= 4 is 130 Å². The Morgan fingerprint density at radius 1 is 0.241 bits per heavy atom. The molecule has 0 fully saturated rings. The standard InChI is InChI=1S/C53H40NS.C32H32NSSi.C23H25N2S.C23H28NS/c1-38-32-51(52-47(41-24-12-4-13-25-41)33-45(39-20-8-2-9-21-39)34-48(52)42-26-14-5-15-27-42)55-37-54(38)53-49(43-28-16-6-17-29-43)35-46(40-22-10-3-11-23-40)36-50(53)44-30-18-7-19-31-44;1-24-20-25(2)32(26(3)21-24)31-22-27(4)33(23-34-31)35(28-14-8-5-9-15-28,29-16-10-6-11-17-29)30-18-12-7-13-19-30;1-14-11-17(4)20(18(5)12-14)23-21(24-7)19(6)25(13-26-23)22-15(2)9-8-10-16(22)3;1-14-11-17(4)21(18(5)12-14)23-19(6)20(7)24(13-25-23)22-15(2)9-8-10-16(22)3/h2-36H,37H2,1H3;5-22H,23H2,1-4H3;8-12H,13H2,1-6H3;8-12H,13H2,1-7H3/q4*+1. The fraction of sp³-hybridized carbons (Fsp3) is 0.168.